The first-order valence-corrected chi connectivity index (χ1v) is 8.94. The second-order valence-corrected chi connectivity index (χ2v) is 7.10. The molecule has 1 heterocycles. The van der Waals surface area contributed by atoms with Crippen LogP contribution in [0.15, 0.2) is 0 Å². The molecule has 1 rings (SSSR count). The van der Waals surface area contributed by atoms with Crippen molar-refractivity contribution in [2.75, 3.05) is 38.5 Å². The molecule has 0 radical (unpaired) electrons. The van der Waals surface area contributed by atoms with Gasteiger partial charge in [0.2, 0.25) is 10.0 Å². The lowest BCUT2D eigenvalue weighted by Gasteiger charge is -2.29. The minimum Gasteiger partial charge on any atom is -0.465 e. The van der Waals surface area contributed by atoms with Gasteiger partial charge in [-0.2, -0.15) is 0 Å². The SMILES string of the molecule is CCCN(CC1CCCNC1)S(=O)(=O)CC(=O)OCC. The Bertz CT molecular complexity index is 391. The Morgan fingerprint density at radius 3 is 2.70 bits per heavy atom. The quantitative estimate of drug-likeness (QED) is 0.664. The van der Waals surface area contributed by atoms with Crippen LogP contribution in [0.2, 0.25) is 0 Å². The predicted octanol–water partition coefficient (Wildman–Crippen LogP) is 0.591. The molecule has 1 N–H and O–H groups in total. The topological polar surface area (TPSA) is 75.7 Å². The van der Waals surface area contributed by atoms with Crippen LogP contribution < -0.4 is 5.32 Å². The van der Waals surface area contributed by atoms with Gasteiger partial charge in [-0.3, -0.25) is 4.79 Å². The predicted molar refractivity (Wildman–Crippen MR) is 77.9 cm³/mol. The molecule has 20 heavy (non-hydrogen) atoms. The Morgan fingerprint density at radius 2 is 2.15 bits per heavy atom. The van der Waals surface area contributed by atoms with Crippen LogP contribution in [0.3, 0.4) is 0 Å². The van der Waals surface area contributed by atoms with Crippen LogP contribution in [0.1, 0.15) is 33.1 Å². The molecule has 0 amide bonds. The highest BCUT2D eigenvalue weighted by molar-refractivity contribution is 7.89. The molecule has 1 saturated heterocycles. The molecule has 0 aliphatic carbocycles. The molecule has 1 aliphatic heterocycles. The van der Waals surface area contributed by atoms with Gasteiger partial charge < -0.3 is 10.1 Å². The lowest BCUT2D eigenvalue weighted by molar-refractivity contribution is -0.140. The first-order chi connectivity index (χ1) is 9.49. The summed E-state index contributed by atoms with van der Waals surface area (Å²) in [4.78, 5) is 11.4. The summed E-state index contributed by atoms with van der Waals surface area (Å²) < 4.78 is 30.8. The highest BCUT2D eigenvalue weighted by Crippen LogP contribution is 2.15. The van der Waals surface area contributed by atoms with Crippen LogP contribution in [0.25, 0.3) is 0 Å². The van der Waals surface area contributed by atoms with Gasteiger partial charge in [-0.15, -0.1) is 0 Å². The lowest BCUT2D eigenvalue weighted by atomic mass is 10.00. The number of nitrogens with one attached hydrogen (secondary N) is 1. The van der Waals surface area contributed by atoms with Crippen molar-refractivity contribution in [3.63, 3.8) is 0 Å². The van der Waals surface area contributed by atoms with Crippen molar-refractivity contribution in [2.45, 2.75) is 33.1 Å². The van der Waals surface area contributed by atoms with Crippen molar-refractivity contribution in [3.8, 4) is 0 Å². The van der Waals surface area contributed by atoms with Gasteiger partial charge in [0.15, 0.2) is 5.75 Å². The third-order valence-electron chi connectivity index (χ3n) is 3.33. The van der Waals surface area contributed by atoms with Crippen molar-refractivity contribution in [1.82, 2.24) is 9.62 Å². The summed E-state index contributed by atoms with van der Waals surface area (Å²) in [6.45, 7) is 6.60. The summed E-state index contributed by atoms with van der Waals surface area (Å²) >= 11 is 0. The van der Waals surface area contributed by atoms with Crippen molar-refractivity contribution >= 4 is 16.0 Å². The fraction of sp³-hybridized carbons (Fsp3) is 0.923. The molecule has 0 spiro atoms. The number of esters is 1. The normalized spacial score (nSPS) is 20.1. The molecular formula is C13H26N2O4S. The molecule has 1 fully saturated rings. The smallest absolute Gasteiger partial charge is 0.322 e. The van der Waals surface area contributed by atoms with Crippen LogP contribution in [0, 0.1) is 5.92 Å². The van der Waals surface area contributed by atoms with Gasteiger partial charge in [-0.05, 0) is 45.2 Å². The maximum absolute atomic E-state index is 12.3. The minimum atomic E-state index is -3.57. The second kappa shape index (κ2) is 8.59. The van der Waals surface area contributed by atoms with Crippen molar-refractivity contribution < 1.29 is 17.9 Å². The van der Waals surface area contributed by atoms with E-state index in [4.69, 9.17) is 4.74 Å². The molecule has 0 bridgehead atoms. The van der Waals surface area contributed by atoms with E-state index in [0.29, 0.717) is 19.0 Å². The van der Waals surface area contributed by atoms with E-state index in [1.165, 1.54) is 4.31 Å². The summed E-state index contributed by atoms with van der Waals surface area (Å²) in [5, 5.41) is 3.28. The fourth-order valence-electron chi connectivity index (χ4n) is 2.40. The van der Waals surface area contributed by atoms with Gasteiger partial charge in [0, 0.05) is 13.1 Å². The van der Waals surface area contributed by atoms with Gasteiger partial charge in [-0.1, -0.05) is 6.92 Å². The molecule has 6 nitrogen and oxygen atoms in total. The first kappa shape index (κ1) is 17.4. The van der Waals surface area contributed by atoms with Crippen molar-refractivity contribution in [1.29, 1.82) is 0 Å². The van der Waals surface area contributed by atoms with E-state index < -0.39 is 21.7 Å². The van der Waals surface area contributed by atoms with Crippen LogP contribution in [0.5, 0.6) is 0 Å². The third-order valence-corrected chi connectivity index (χ3v) is 5.05. The highest BCUT2D eigenvalue weighted by Gasteiger charge is 2.28. The Labute approximate surface area is 121 Å². The Morgan fingerprint density at radius 1 is 1.40 bits per heavy atom. The number of nitrogens with zero attached hydrogens (tertiary/aromatic N) is 1. The molecule has 0 aromatic heterocycles. The number of hydrogen-bond acceptors (Lipinski definition) is 5. The lowest BCUT2D eigenvalue weighted by Crippen LogP contribution is -2.43. The molecule has 0 aromatic rings. The Balaban J connectivity index is 2.64. The molecule has 1 atom stereocenters. The van der Waals surface area contributed by atoms with Gasteiger partial charge >= 0.3 is 5.97 Å². The van der Waals surface area contributed by atoms with E-state index in [-0.39, 0.29) is 6.61 Å². The minimum absolute atomic E-state index is 0.203. The molecule has 1 aliphatic rings. The Kier molecular flexibility index (Phi) is 7.47. The second-order valence-electron chi connectivity index (χ2n) is 5.13. The van der Waals surface area contributed by atoms with Gasteiger partial charge in [0.25, 0.3) is 0 Å². The largest absolute Gasteiger partial charge is 0.465 e. The summed E-state index contributed by atoms with van der Waals surface area (Å²) in [5.74, 6) is -0.899. The van der Waals surface area contributed by atoms with Crippen LogP contribution in [-0.2, 0) is 19.6 Å². The zero-order valence-corrected chi connectivity index (χ0v) is 13.2. The number of sulfonamides is 1. The number of rotatable bonds is 8. The highest BCUT2D eigenvalue weighted by atomic mass is 32.2. The summed E-state index contributed by atoms with van der Waals surface area (Å²) in [7, 11) is -3.57. The summed E-state index contributed by atoms with van der Waals surface area (Å²) in [6, 6.07) is 0. The first-order valence-electron chi connectivity index (χ1n) is 7.33. The maximum atomic E-state index is 12.3. The van der Waals surface area contributed by atoms with E-state index in [1.807, 2.05) is 6.92 Å². The van der Waals surface area contributed by atoms with Gasteiger partial charge in [0.05, 0.1) is 6.61 Å². The molecule has 118 valence electrons. The van der Waals surface area contributed by atoms with Crippen molar-refractivity contribution in [2.24, 2.45) is 5.92 Å². The zero-order chi connectivity index (χ0) is 15.0. The summed E-state index contributed by atoms with van der Waals surface area (Å²) in [6.07, 6.45) is 2.84. The van der Waals surface area contributed by atoms with E-state index in [9.17, 15) is 13.2 Å². The molecule has 0 aromatic carbocycles. The average Bonchev–Trinajstić information content (AvgIpc) is 2.39. The number of piperidine rings is 1. The molecule has 1 unspecified atom stereocenters. The number of hydrogen-bond donors (Lipinski definition) is 1. The van der Waals surface area contributed by atoms with Crippen LogP contribution >= 0.6 is 0 Å². The molecule has 7 heteroatoms. The number of carbonyl (C=O) groups excluding carboxylic acids is 1. The number of ether oxygens (including phenoxy) is 1. The average molecular weight is 306 g/mol. The van der Waals surface area contributed by atoms with E-state index in [0.717, 1.165) is 32.4 Å². The monoisotopic (exact) mass is 306 g/mol. The van der Waals surface area contributed by atoms with Crippen LogP contribution in [0.4, 0.5) is 0 Å². The van der Waals surface area contributed by atoms with E-state index in [1.54, 1.807) is 6.92 Å². The fourth-order valence-corrected chi connectivity index (χ4v) is 3.87. The van der Waals surface area contributed by atoms with Gasteiger partial charge in [-0.25, -0.2) is 12.7 Å². The van der Waals surface area contributed by atoms with E-state index >= 15 is 0 Å². The molecular weight excluding hydrogens is 280 g/mol. The Hall–Kier alpha value is -0.660. The van der Waals surface area contributed by atoms with E-state index in [2.05, 4.69) is 5.32 Å². The standard InChI is InChI=1S/C13H26N2O4S/c1-3-8-15(10-12-6-5-7-14-9-12)20(17,18)11-13(16)19-4-2/h12,14H,3-11H2,1-2H3. The number of carbonyl (C=O) groups is 1. The summed E-state index contributed by atoms with van der Waals surface area (Å²) in [5.41, 5.74) is 0. The van der Waals surface area contributed by atoms with Crippen LogP contribution in [-0.4, -0.2) is 57.2 Å². The maximum Gasteiger partial charge on any atom is 0.322 e. The zero-order valence-electron chi connectivity index (χ0n) is 12.4. The molecule has 0 saturated carbocycles. The van der Waals surface area contributed by atoms with Gasteiger partial charge in [0.1, 0.15) is 0 Å². The van der Waals surface area contributed by atoms with Crippen molar-refractivity contribution in [3.05, 3.63) is 0 Å². The third kappa shape index (κ3) is 5.76.